The number of rotatable bonds is 4. The number of hydrogen-bond donors (Lipinski definition) is 1. The van der Waals surface area contributed by atoms with E-state index >= 15 is 0 Å². The van der Waals surface area contributed by atoms with E-state index in [2.05, 4.69) is 58.3 Å². The molecule has 132 valence electrons. The van der Waals surface area contributed by atoms with E-state index in [1.165, 1.54) is 22.3 Å². The third kappa shape index (κ3) is 3.50. The van der Waals surface area contributed by atoms with E-state index in [-0.39, 0.29) is 0 Å². The van der Waals surface area contributed by atoms with Gasteiger partial charge in [0.15, 0.2) is 0 Å². The molecule has 0 amide bonds. The van der Waals surface area contributed by atoms with Gasteiger partial charge in [-0.3, -0.25) is 4.90 Å². The highest BCUT2D eigenvalue weighted by molar-refractivity contribution is 5.44. The minimum absolute atomic E-state index is 0.409. The number of fused-ring (bicyclic) bond motifs is 2. The van der Waals surface area contributed by atoms with E-state index in [1.807, 2.05) is 0 Å². The molecule has 0 unspecified atom stereocenters. The van der Waals surface area contributed by atoms with Crippen molar-refractivity contribution in [3.05, 3.63) is 70.8 Å². The molecular formula is C22H29N3. The Morgan fingerprint density at radius 2 is 1.36 bits per heavy atom. The van der Waals surface area contributed by atoms with Gasteiger partial charge < -0.3 is 10.6 Å². The quantitative estimate of drug-likeness (QED) is 0.932. The van der Waals surface area contributed by atoms with Gasteiger partial charge in [0.05, 0.1) is 6.04 Å². The highest BCUT2D eigenvalue weighted by Gasteiger charge is 2.30. The molecule has 0 saturated carbocycles. The summed E-state index contributed by atoms with van der Waals surface area (Å²) in [5, 5.41) is 0. The Kier molecular flexibility index (Phi) is 5.16. The van der Waals surface area contributed by atoms with Gasteiger partial charge in [-0.25, -0.2) is 0 Å². The predicted octanol–water partition coefficient (Wildman–Crippen LogP) is 2.84. The predicted molar refractivity (Wildman–Crippen MR) is 104 cm³/mol. The van der Waals surface area contributed by atoms with Gasteiger partial charge in [-0.15, -0.1) is 0 Å². The van der Waals surface area contributed by atoms with Crippen LogP contribution in [-0.2, 0) is 12.8 Å². The van der Waals surface area contributed by atoms with Crippen molar-refractivity contribution in [2.45, 2.75) is 25.3 Å². The first-order chi connectivity index (χ1) is 12.4. The summed E-state index contributed by atoms with van der Waals surface area (Å²) in [5.74, 6) is 0. The van der Waals surface area contributed by atoms with E-state index in [0.29, 0.717) is 6.04 Å². The van der Waals surface area contributed by atoms with Crippen LogP contribution in [0, 0.1) is 0 Å². The van der Waals surface area contributed by atoms with Crippen LogP contribution in [0.1, 0.15) is 34.7 Å². The molecule has 2 aromatic rings. The molecule has 0 atom stereocenters. The fraction of sp³-hybridized carbons (Fsp3) is 0.455. The molecule has 2 aliphatic rings. The Labute approximate surface area is 151 Å². The fourth-order valence-electron chi connectivity index (χ4n) is 4.45. The van der Waals surface area contributed by atoms with Crippen molar-refractivity contribution >= 4 is 0 Å². The second-order valence-corrected chi connectivity index (χ2v) is 7.32. The molecule has 25 heavy (non-hydrogen) atoms. The van der Waals surface area contributed by atoms with Crippen LogP contribution in [0.3, 0.4) is 0 Å². The van der Waals surface area contributed by atoms with E-state index < -0.39 is 0 Å². The van der Waals surface area contributed by atoms with Crippen molar-refractivity contribution < 1.29 is 0 Å². The Morgan fingerprint density at radius 1 is 0.800 bits per heavy atom. The SMILES string of the molecule is NCCCN1CCN(C2c3ccccc3CCc3ccccc32)CC1. The molecule has 0 spiro atoms. The van der Waals surface area contributed by atoms with Gasteiger partial charge in [0.1, 0.15) is 0 Å². The molecule has 3 nitrogen and oxygen atoms in total. The molecule has 1 aliphatic heterocycles. The number of nitrogens with two attached hydrogens (primary N) is 1. The third-order valence-corrected chi connectivity index (χ3v) is 5.81. The minimum Gasteiger partial charge on any atom is -0.330 e. The molecule has 3 heteroatoms. The fourth-order valence-corrected chi connectivity index (χ4v) is 4.45. The first-order valence-corrected chi connectivity index (χ1v) is 9.69. The summed E-state index contributed by atoms with van der Waals surface area (Å²) in [6.45, 7) is 6.52. The van der Waals surface area contributed by atoms with Crippen LogP contribution >= 0.6 is 0 Å². The maximum absolute atomic E-state index is 5.68. The molecule has 2 aromatic carbocycles. The molecule has 1 aliphatic carbocycles. The van der Waals surface area contributed by atoms with Crippen LogP contribution < -0.4 is 5.73 Å². The number of hydrogen-bond acceptors (Lipinski definition) is 3. The Morgan fingerprint density at radius 3 is 1.92 bits per heavy atom. The average Bonchev–Trinajstić information content (AvgIpc) is 2.84. The van der Waals surface area contributed by atoms with Crippen LogP contribution in [0.15, 0.2) is 48.5 Å². The van der Waals surface area contributed by atoms with Crippen LogP contribution in [0.25, 0.3) is 0 Å². The summed E-state index contributed by atoms with van der Waals surface area (Å²) in [4.78, 5) is 5.26. The van der Waals surface area contributed by atoms with E-state index in [4.69, 9.17) is 5.73 Å². The van der Waals surface area contributed by atoms with Crippen molar-refractivity contribution in [2.75, 3.05) is 39.3 Å². The molecular weight excluding hydrogens is 306 g/mol. The van der Waals surface area contributed by atoms with E-state index in [9.17, 15) is 0 Å². The summed E-state index contributed by atoms with van der Waals surface area (Å²) in [5.41, 5.74) is 11.8. The lowest BCUT2D eigenvalue weighted by molar-refractivity contribution is 0.109. The summed E-state index contributed by atoms with van der Waals surface area (Å²) < 4.78 is 0. The second kappa shape index (κ2) is 7.69. The smallest absolute Gasteiger partial charge is 0.0608 e. The maximum atomic E-state index is 5.68. The molecule has 0 bridgehead atoms. The number of nitrogens with zero attached hydrogens (tertiary/aromatic N) is 2. The Bertz CT molecular complexity index is 656. The number of piperazine rings is 1. The Hall–Kier alpha value is -1.68. The summed E-state index contributed by atoms with van der Waals surface area (Å²) in [6.07, 6.45) is 3.41. The van der Waals surface area contributed by atoms with Gasteiger partial charge in [0.2, 0.25) is 0 Å². The maximum Gasteiger partial charge on any atom is 0.0608 e. The number of aryl methyl sites for hydroxylation is 2. The van der Waals surface area contributed by atoms with Gasteiger partial charge >= 0.3 is 0 Å². The van der Waals surface area contributed by atoms with E-state index in [0.717, 1.165) is 58.5 Å². The second-order valence-electron chi connectivity index (χ2n) is 7.32. The molecule has 1 heterocycles. The summed E-state index contributed by atoms with van der Waals surface area (Å²) in [7, 11) is 0. The highest BCUT2D eigenvalue weighted by atomic mass is 15.3. The lowest BCUT2D eigenvalue weighted by Crippen LogP contribution is -2.48. The van der Waals surface area contributed by atoms with Crippen molar-refractivity contribution in [2.24, 2.45) is 5.73 Å². The van der Waals surface area contributed by atoms with Gasteiger partial charge in [-0.1, -0.05) is 48.5 Å². The van der Waals surface area contributed by atoms with Crippen LogP contribution in [0.2, 0.25) is 0 Å². The first-order valence-electron chi connectivity index (χ1n) is 9.69. The molecule has 4 rings (SSSR count). The standard InChI is InChI=1S/C22H29N3/c23-12-5-13-24-14-16-25(17-15-24)22-20-8-3-1-6-18(20)10-11-19-7-2-4-9-21(19)22/h1-4,6-9,22H,5,10-17,23H2. The zero-order chi connectivity index (χ0) is 17.1. The summed E-state index contributed by atoms with van der Waals surface area (Å²) in [6, 6.07) is 18.6. The molecule has 1 fully saturated rings. The monoisotopic (exact) mass is 335 g/mol. The molecule has 2 N–H and O–H groups in total. The third-order valence-electron chi connectivity index (χ3n) is 5.81. The first kappa shape index (κ1) is 16.8. The molecule has 1 saturated heterocycles. The lowest BCUT2D eigenvalue weighted by Gasteiger charge is -2.40. The largest absolute Gasteiger partial charge is 0.330 e. The van der Waals surface area contributed by atoms with Gasteiger partial charge in [-0.2, -0.15) is 0 Å². The summed E-state index contributed by atoms with van der Waals surface area (Å²) >= 11 is 0. The van der Waals surface area contributed by atoms with Crippen molar-refractivity contribution in [3.63, 3.8) is 0 Å². The van der Waals surface area contributed by atoms with Crippen LogP contribution in [0.5, 0.6) is 0 Å². The van der Waals surface area contributed by atoms with Gasteiger partial charge in [-0.05, 0) is 54.6 Å². The van der Waals surface area contributed by atoms with Crippen molar-refractivity contribution in [1.82, 2.24) is 9.80 Å². The topological polar surface area (TPSA) is 32.5 Å². The zero-order valence-electron chi connectivity index (χ0n) is 15.0. The normalized spacial score (nSPS) is 19.2. The van der Waals surface area contributed by atoms with Crippen molar-refractivity contribution in [1.29, 1.82) is 0 Å². The van der Waals surface area contributed by atoms with Gasteiger partial charge in [0, 0.05) is 26.2 Å². The van der Waals surface area contributed by atoms with Crippen LogP contribution in [0.4, 0.5) is 0 Å². The van der Waals surface area contributed by atoms with Crippen LogP contribution in [-0.4, -0.2) is 49.1 Å². The lowest BCUT2D eigenvalue weighted by atomic mass is 9.92. The average molecular weight is 335 g/mol. The number of benzene rings is 2. The highest BCUT2D eigenvalue weighted by Crippen LogP contribution is 2.37. The van der Waals surface area contributed by atoms with Gasteiger partial charge in [0.25, 0.3) is 0 Å². The minimum atomic E-state index is 0.409. The van der Waals surface area contributed by atoms with Crippen molar-refractivity contribution in [3.8, 4) is 0 Å². The Balaban J connectivity index is 1.62. The zero-order valence-corrected chi connectivity index (χ0v) is 15.0. The van der Waals surface area contributed by atoms with E-state index in [1.54, 1.807) is 0 Å². The molecule has 0 aromatic heterocycles. The molecule has 0 radical (unpaired) electrons.